The molecule has 8 heteroatoms. The Morgan fingerprint density at radius 2 is 1.57 bits per heavy atom. The number of ketones is 1. The van der Waals surface area contributed by atoms with E-state index in [9.17, 15) is 14.4 Å². The van der Waals surface area contributed by atoms with Gasteiger partial charge in [-0.2, -0.15) is 0 Å². The van der Waals surface area contributed by atoms with Crippen molar-refractivity contribution >= 4 is 17.7 Å². The molecule has 2 aromatic carbocycles. The van der Waals surface area contributed by atoms with Crippen molar-refractivity contribution in [3.63, 3.8) is 0 Å². The van der Waals surface area contributed by atoms with Crippen LogP contribution in [0.1, 0.15) is 22.0 Å². The van der Waals surface area contributed by atoms with E-state index in [-0.39, 0.29) is 5.56 Å². The minimum Gasteiger partial charge on any atom is -0.497 e. The molecule has 0 N–H and O–H groups in total. The number of rotatable bonds is 4. The predicted molar refractivity (Wildman–Crippen MR) is 102 cm³/mol. The summed E-state index contributed by atoms with van der Waals surface area (Å²) in [6, 6.07) is 13.2. The van der Waals surface area contributed by atoms with Gasteiger partial charge in [-0.25, -0.2) is 0 Å². The van der Waals surface area contributed by atoms with Crippen molar-refractivity contribution in [1.29, 1.82) is 0 Å². The highest BCUT2D eigenvalue weighted by Crippen LogP contribution is 2.57. The van der Waals surface area contributed by atoms with E-state index in [4.69, 9.17) is 23.7 Å². The van der Waals surface area contributed by atoms with Crippen LogP contribution in [0.25, 0.3) is 0 Å². The maximum atomic E-state index is 13.4. The molecule has 2 heterocycles. The topological polar surface area (TPSA) is 97.4 Å². The second-order valence-corrected chi connectivity index (χ2v) is 6.97. The minimum absolute atomic E-state index is 0.259. The van der Waals surface area contributed by atoms with Gasteiger partial charge in [-0.15, -0.1) is 0 Å². The lowest BCUT2D eigenvalue weighted by Gasteiger charge is -2.34. The highest BCUT2D eigenvalue weighted by Gasteiger charge is 2.72. The van der Waals surface area contributed by atoms with Crippen LogP contribution in [0.5, 0.6) is 11.5 Å². The van der Waals surface area contributed by atoms with Gasteiger partial charge in [0.15, 0.2) is 5.78 Å². The molecule has 8 nitrogen and oxygen atoms in total. The molecule has 0 saturated carbocycles. The number of hydrogen-bond donors (Lipinski definition) is 0. The van der Waals surface area contributed by atoms with Gasteiger partial charge in [-0.1, -0.05) is 24.3 Å². The molecule has 0 amide bonds. The van der Waals surface area contributed by atoms with Crippen molar-refractivity contribution in [2.75, 3.05) is 21.3 Å². The van der Waals surface area contributed by atoms with Crippen LogP contribution in [0, 0.1) is 11.3 Å². The highest BCUT2D eigenvalue weighted by molar-refractivity contribution is 6.11. The molecule has 156 valence electrons. The third kappa shape index (κ3) is 2.68. The number of para-hydroxylation sites is 1. The molecule has 2 aliphatic heterocycles. The van der Waals surface area contributed by atoms with Crippen LogP contribution in [0.15, 0.2) is 48.5 Å². The number of carbonyl (C=O) groups is 3. The Morgan fingerprint density at radius 3 is 2.17 bits per heavy atom. The standard InChI is InChI=1S/C22H20O8/c1-26-13-10-8-12(9-11-13)18-22(20(24)27-2,21(25)28-3)16-17(23)14-6-4-5-7-15(14)29-19(16)30-18/h4-11,16,18-19H,1-3H3/t16-,18+,19+/m0/s1. The lowest BCUT2D eigenvalue weighted by atomic mass is 9.67. The molecule has 3 atom stereocenters. The third-order valence-electron chi connectivity index (χ3n) is 5.59. The van der Waals surface area contributed by atoms with Crippen molar-refractivity contribution in [1.82, 2.24) is 0 Å². The van der Waals surface area contributed by atoms with Gasteiger partial charge in [-0.05, 0) is 29.8 Å². The van der Waals surface area contributed by atoms with E-state index in [2.05, 4.69) is 0 Å². The highest BCUT2D eigenvalue weighted by atomic mass is 16.7. The summed E-state index contributed by atoms with van der Waals surface area (Å²) in [5, 5.41) is 0. The van der Waals surface area contributed by atoms with Gasteiger partial charge in [0.05, 0.1) is 26.9 Å². The average Bonchev–Trinajstić information content (AvgIpc) is 3.14. The predicted octanol–water partition coefficient (Wildman–Crippen LogP) is 2.32. The second-order valence-electron chi connectivity index (χ2n) is 6.97. The summed E-state index contributed by atoms with van der Waals surface area (Å²) in [6.45, 7) is 0. The normalized spacial score (nSPS) is 23.6. The van der Waals surface area contributed by atoms with Crippen LogP contribution in [-0.2, 0) is 23.8 Å². The molecule has 0 aliphatic carbocycles. The lowest BCUT2D eigenvalue weighted by molar-refractivity contribution is -0.175. The number of hydrogen-bond acceptors (Lipinski definition) is 8. The second kappa shape index (κ2) is 7.46. The zero-order valence-corrected chi connectivity index (χ0v) is 16.6. The number of esters is 2. The molecule has 2 aliphatic rings. The quantitative estimate of drug-likeness (QED) is 0.558. The molecule has 1 fully saturated rings. The van der Waals surface area contributed by atoms with Crippen molar-refractivity contribution in [3.8, 4) is 11.5 Å². The van der Waals surface area contributed by atoms with Gasteiger partial charge in [0.2, 0.25) is 11.7 Å². The summed E-state index contributed by atoms with van der Waals surface area (Å²) >= 11 is 0. The van der Waals surface area contributed by atoms with Gasteiger partial charge in [0.25, 0.3) is 0 Å². The van der Waals surface area contributed by atoms with Crippen LogP contribution in [0.4, 0.5) is 0 Å². The first-order chi connectivity index (χ1) is 14.5. The Bertz CT molecular complexity index is 980. The number of Topliss-reactive ketones (excluding diaryl/α,β-unsaturated/α-hetero) is 1. The summed E-state index contributed by atoms with van der Waals surface area (Å²) in [4.78, 5) is 39.7. The van der Waals surface area contributed by atoms with Gasteiger partial charge >= 0.3 is 11.9 Å². The Hall–Kier alpha value is -3.39. The van der Waals surface area contributed by atoms with E-state index >= 15 is 0 Å². The molecule has 0 bridgehead atoms. The molecule has 0 radical (unpaired) electrons. The zero-order chi connectivity index (χ0) is 21.5. The Labute approximate surface area is 172 Å². The zero-order valence-electron chi connectivity index (χ0n) is 16.6. The summed E-state index contributed by atoms with van der Waals surface area (Å²) in [6.07, 6.45) is -2.34. The maximum Gasteiger partial charge on any atom is 0.327 e. The van der Waals surface area contributed by atoms with Crippen molar-refractivity contribution in [2.24, 2.45) is 11.3 Å². The maximum absolute atomic E-state index is 13.4. The van der Waals surface area contributed by atoms with E-state index in [1.807, 2.05) is 0 Å². The number of methoxy groups -OCH3 is 3. The molecule has 0 unspecified atom stereocenters. The van der Waals surface area contributed by atoms with E-state index < -0.39 is 41.4 Å². The molecule has 1 saturated heterocycles. The summed E-state index contributed by atoms with van der Waals surface area (Å²) in [5.74, 6) is -2.69. The summed E-state index contributed by atoms with van der Waals surface area (Å²) < 4.78 is 27.1. The fraction of sp³-hybridized carbons (Fsp3) is 0.318. The Balaban J connectivity index is 1.92. The van der Waals surface area contributed by atoms with Gasteiger partial charge in [0, 0.05) is 0 Å². The van der Waals surface area contributed by atoms with E-state index in [0.29, 0.717) is 17.1 Å². The van der Waals surface area contributed by atoms with Crippen molar-refractivity contribution in [2.45, 2.75) is 12.4 Å². The largest absolute Gasteiger partial charge is 0.497 e. The van der Waals surface area contributed by atoms with E-state index in [0.717, 1.165) is 14.2 Å². The lowest BCUT2D eigenvalue weighted by Crippen LogP contribution is -2.53. The van der Waals surface area contributed by atoms with E-state index in [1.165, 1.54) is 7.11 Å². The molecule has 30 heavy (non-hydrogen) atoms. The van der Waals surface area contributed by atoms with Crippen LogP contribution in [-0.4, -0.2) is 45.3 Å². The fourth-order valence-corrected chi connectivity index (χ4v) is 4.20. The Morgan fingerprint density at radius 1 is 0.933 bits per heavy atom. The van der Waals surface area contributed by atoms with E-state index in [1.54, 1.807) is 48.5 Å². The summed E-state index contributed by atoms with van der Waals surface area (Å²) in [5.41, 5.74) is -1.34. The van der Waals surface area contributed by atoms with Gasteiger partial charge in [0.1, 0.15) is 23.5 Å². The van der Waals surface area contributed by atoms with Crippen LogP contribution < -0.4 is 9.47 Å². The molecule has 4 rings (SSSR count). The molecule has 0 aromatic heterocycles. The first-order valence-electron chi connectivity index (χ1n) is 9.25. The minimum atomic E-state index is -2.08. The first kappa shape index (κ1) is 19.9. The van der Waals surface area contributed by atoms with Gasteiger partial charge in [-0.3, -0.25) is 14.4 Å². The monoisotopic (exact) mass is 412 g/mol. The first-order valence-corrected chi connectivity index (χ1v) is 9.25. The molecular formula is C22H20O8. The van der Waals surface area contributed by atoms with Crippen LogP contribution >= 0.6 is 0 Å². The SMILES string of the molecule is COC(=O)C1(C(=O)OC)[C@@H](c2ccc(OC)cc2)O[C@H]2Oc3ccccc3C(=O)[C@@H]21. The average molecular weight is 412 g/mol. The number of carbonyl (C=O) groups excluding carboxylic acids is 3. The summed E-state index contributed by atoms with van der Waals surface area (Å²) in [7, 11) is 3.81. The number of fused-ring (bicyclic) bond motifs is 2. The number of ether oxygens (including phenoxy) is 5. The van der Waals surface area contributed by atoms with Crippen LogP contribution in [0.2, 0.25) is 0 Å². The smallest absolute Gasteiger partial charge is 0.327 e. The molecule has 2 aromatic rings. The number of benzene rings is 2. The fourth-order valence-electron chi connectivity index (χ4n) is 4.20. The van der Waals surface area contributed by atoms with Crippen molar-refractivity contribution in [3.05, 3.63) is 59.7 Å². The van der Waals surface area contributed by atoms with Crippen LogP contribution in [0.3, 0.4) is 0 Å². The third-order valence-corrected chi connectivity index (χ3v) is 5.59. The molecular weight excluding hydrogens is 392 g/mol. The Kier molecular flexibility index (Phi) is 4.95. The van der Waals surface area contributed by atoms with Crippen molar-refractivity contribution < 1.29 is 38.1 Å². The molecule has 0 spiro atoms. The van der Waals surface area contributed by atoms with Gasteiger partial charge < -0.3 is 23.7 Å².